The third-order valence-electron chi connectivity index (χ3n) is 9.55. The van der Waals surface area contributed by atoms with Gasteiger partial charge in [0.15, 0.2) is 11.6 Å². The lowest BCUT2D eigenvalue weighted by Crippen LogP contribution is -2.47. The van der Waals surface area contributed by atoms with Crippen LogP contribution in [0.15, 0.2) is 77.9 Å². The summed E-state index contributed by atoms with van der Waals surface area (Å²) in [6, 6.07) is 16.9. The first kappa shape index (κ1) is 35.7. The van der Waals surface area contributed by atoms with Crippen LogP contribution in [0.4, 0.5) is 14.5 Å². The number of benzene rings is 3. The van der Waals surface area contributed by atoms with E-state index in [9.17, 15) is 28.0 Å². The topological polar surface area (TPSA) is 140 Å². The van der Waals surface area contributed by atoms with Crippen LogP contribution in [0.2, 0.25) is 0 Å². The van der Waals surface area contributed by atoms with E-state index in [-0.39, 0.29) is 47.9 Å². The molecular formula is C41H35F2N7O4. The number of carbonyl (C=O) groups is 3. The number of hydrogen-bond acceptors (Lipinski definition) is 7. The predicted molar refractivity (Wildman–Crippen MR) is 202 cm³/mol. The zero-order chi connectivity index (χ0) is 38.3. The van der Waals surface area contributed by atoms with Crippen molar-refractivity contribution in [3.63, 3.8) is 0 Å². The summed E-state index contributed by atoms with van der Waals surface area (Å²) < 4.78 is 32.2. The Labute approximate surface area is 308 Å². The average Bonchev–Trinajstić information content (AvgIpc) is 3.38. The van der Waals surface area contributed by atoms with Gasteiger partial charge in [-0.15, -0.1) is 0 Å². The van der Waals surface area contributed by atoms with Crippen molar-refractivity contribution < 1.29 is 23.2 Å². The molecule has 3 aromatic heterocycles. The standard InChI is InChI=1S/C41H35F2N7O4/c1-22(2)29-16-26(18-35-38(29)50(4)41(54)49(35)3)28-9-5-7-23-17-34(46-21-30(23)28)25-10-11-32(45-20-25)39(52)44-14-6-8-24-15-27(19-31(42)37(24)43)47-33-12-13-36(51)48-40(33)53/h5,7,9-11,15-22,33,47H,12-14H2,1-4H3,(H,44,52)(H,48,51,53). The molecule has 11 nitrogen and oxygen atoms in total. The number of carbonyl (C=O) groups excluding carboxylic acids is 3. The first-order valence-electron chi connectivity index (χ1n) is 17.3. The summed E-state index contributed by atoms with van der Waals surface area (Å²) in [4.78, 5) is 58.1. The lowest BCUT2D eigenvalue weighted by Gasteiger charge is -2.23. The van der Waals surface area contributed by atoms with Gasteiger partial charge in [-0.25, -0.2) is 13.6 Å². The molecule has 1 aliphatic rings. The number of nitrogens with one attached hydrogen (secondary N) is 3. The van der Waals surface area contributed by atoms with E-state index in [1.807, 2.05) is 36.5 Å². The second-order valence-corrected chi connectivity index (χ2v) is 13.5. The minimum Gasteiger partial charge on any atom is -0.374 e. The Balaban J connectivity index is 1.05. The number of anilines is 1. The molecule has 1 aliphatic heterocycles. The number of imidazole rings is 1. The Morgan fingerprint density at radius 2 is 1.80 bits per heavy atom. The van der Waals surface area contributed by atoms with Crippen LogP contribution >= 0.6 is 0 Å². The van der Waals surface area contributed by atoms with E-state index >= 15 is 0 Å². The third-order valence-corrected chi connectivity index (χ3v) is 9.55. The van der Waals surface area contributed by atoms with Gasteiger partial charge >= 0.3 is 5.69 Å². The summed E-state index contributed by atoms with van der Waals surface area (Å²) in [6.07, 6.45) is 3.70. The molecule has 3 aromatic carbocycles. The van der Waals surface area contributed by atoms with Gasteiger partial charge < -0.3 is 10.6 Å². The number of aromatic nitrogens is 4. The highest BCUT2D eigenvalue weighted by Crippen LogP contribution is 2.35. The van der Waals surface area contributed by atoms with E-state index in [1.54, 1.807) is 41.6 Å². The summed E-state index contributed by atoms with van der Waals surface area (Å²) in [5.41, 5.74) is 6.13. The molecule has 3 amide bonds. The van der Waals surface area contributed by atoms with Crippen LogP contribution in [0.1, 0.15) is 54.2 Å². The molecule has 3 N–H and O–H groups in total. The minimum atomic E-state index is -1.17. The summed E-state index contributed by atoms with van der Waals surface area (Å²) in [7, 11) is 3.58. The minimum absolute atomic E-state index is 0.0744. The molecule has 1 saturated heterocycles. The average molecular weight is 728 g/mol. The number of piperidine rings is 1. The zero-order valence-electron chi connectivity index (χ0n) is 29.9. The Bertz CT molecular complexity index is 2640. The fourth-order valence-electron chi connectivity index (χ4n) is 6.69. The normalized spacial score (nSPS) is 14.2. The Kier molecular flexibility index (Phi) is 9.51. The second-order valence-electron chi connectivity index (χ2n) is 13.5. The lowest BCUT2D eigenvalue weighted by molar-refractivity contribution is -0.133. The number of nitrogens with zero attached hydrogens (tertiary/aromatic N) is 4. The molecule has 272 valence electrons. The molecule has 0 bridgehead atoms. The van der Waals surface area contributed by atoms with Crippen molar-refractivity contribution >= 4 is 45.2 Å². The van der Waals surface area contributed by atoms with Crippen LogP contribution in [0.3, 0.4) is 0 Å². The molecule has 7 rings (SSSR count). The number of fused-ring (bicyclic) bond motifs is 2. The van der Waals surface area contributed by atoms with Crippen LogP contribution < -0.4 is 21.6 Å². The van der Waals surface area contributed by atoms with E-state index in [2.05, 4.69) is 52.7 Å². The molecule has 13 heteroatoms. The van der Waals surface area contributed by atoms with E-state index in [0.717, 1.165) is 44.6 Å². The van der Waals surface area contributed by atoms with Crippen molar-refractivity contribution in [2.75, 3.05) is 11.9 Å². The van der Waals surface area contributed by atoms with Crippen molar-refractivity contribution in [3.05, 3.63) is 112 Å². The lowest BCUT2D eigenvalue weighted by atomic mass is 9.93. The molecule has 1 atom stereocenters. The molecule has 0 radical (unpaired) electrons. The van der Waals surface area contributed by atoms with Gasteiger partial charge in [-0.05, 0) is 70.8 Å². The van der Waals surface area contributed by atoms with Crippen LogP contribution in [0.5, 0.6) is 0 Å². The van der Waals surface area contributed by atoms with E-state index < -0.39 is 35.4 Å². The molecular weight excluding hydrogens is 692 g/mol. The highest BCUT2D eigenvalue weighted by Gasteiger charge is 2.27. The largest absolute Gasteiger partial charge is 0.374 e. The number of rotatable bonds is 7. The molecule has 1 fully saturated rings. The molecule has 6 aromatic rings. The first-order valence-corrected chi connectivity index (χ1v) is 17.3. The monoisotopic (exact) mass is 727 g/mol. The molecule has 0 saturated carbocycles. The number of hydrogen-bond donors (Lipinski definition) is 3. The van der Waals surface area contributed by atoms with Gasteiger partial charge in [0.05, 0.1) is 28.8 Å². The van der Waals surface area contributed by atoms with Crippen molar-refractivity contribution in [2.45, 2.75) is 38.6 Å². The zero-order valence-corrected chi connectivity index (χ0v) is 29.9. The highest BCUT2D eigenvalue weighted by atomic mass is 19.2. The van der Waals surface area contributed by atoms with Gasteiger partial charge in [-0.3, -0.25) is 38.8 Å². The van der Waals surface area contributed by atoms with Gasteiger partial charge in [0.2, 0.25) is 11.8 Å². The van der Waals surface area contributed by atoms with Crippen LogP contribution in [0.25, 0.3) is 44.2 Å². The summed E-state index contributed by atoms with van der Waals surface area (Å²) in [6.45, 7) is 4.06. The SMILES string of the molecule is CC(C)c1cc(-c2cccc3cc(-c4ccc(C(=O)NCC#Cc5cc(NC6CCC(=O)NC6=O)cc(F)c5F)nc4)ncc23)cc2c1n(C)c(=O)n2C. The summed E-state index contributed by atoms with van der Waals surface area (Å²) in [5.74, 6) is 1.54. The van der Waals surface area contributed by atoms with Crippen molar-refractivity contribution in [3.8, 4) is 34.2 Å². The molecule has 0 aliphatic carbocycles. The second kappa shape index (κ2) is 14.4. The summed E-state index contributed by atoms with van der Waals surface area (Å²) in [5, 5.41) is 9.51. The Hall–Kier alpha value is -6.68. The molecule has 0 spiro atoms. The van der Waals surface area contributed by atoms with Crippen molar-refractivity contribution in [2.24, 2.45) is 14.1 Å². The fraction of sp³-hybridized carbons (Fsp3) is 0.220. The number of pyridine rings is 2. The van der Waals surface area contributed by atoms with Gasteiger partial charge in [0, 0.05) is 55.6 Å². The van der Waals surface area contributed by atoms with Gasteiger partial charge in [-0.2, -0.15) is 0 Å². The maximum absolute atomic E-state index is 14.5. The van der Waals surface area contributed by atoms with E-state index in [1.165, 1.54) is 6.07 Å². The number of halogens is 2. The van der Waals surface area contributed by atoms with Gasteiger partial charge in [-0.1, -0.05) is 43.9 Å². The molecule has 54 heavy (non-hydrogen) atoms. The number of imide groups is 1. The molecule has 1 unspecified atom stereocenters. The van der Waals surface area contributed by atoms with E-state index in [0.29, 0.717) is 11.3 Å². The maximum Gasteiger partial charge on any atom is 0.328 e. The van der Waals surface area contributed by atoms with Crippen LogP contribution in [-0.2, 0) is 23.7 Å². The van der Waals surface area contributed by atoms with Gasteiger partial charge in [0.25, 0.3) is 5.91 Å². The Morgan fingerprint density at radius 3 is 2.54 bits per heavy atom. The predicted octanol–water partition coefficient (Wildman–Crippen LogP) is 5.55. The quantitative estimate of drug-likeness (QED) is 0.145. The Morgan fingerprint density at radius 1 is 0.981 bits per heavy atom. The number of aryl methyl sites for hydroxylation is 2. The highest BCUT2D eigenvalue weighted by molar-refractivity contribution is 6.02. The van der Waals surface area contributed by atoms with Crippen molar-refractivity contribution in [1.29, 1.82) is 0 Å². The molecule has 4 heterocycles. The smallest absolute Gasteiger partial charge is 0.328 e. The van der Waals surface area contributed by atoms with Crippen molar-refractivity contribution in [1.82, 2.24) is 29.7 Å². The van der Waals surface area contributed by atoms with Crippen LogP contribution in [-0.4, -0.2) is 49.4 Å². The third kappa shape index (κ3) is 6.81. The van der Waals surface area contributed by atoms with Crippen LogP contribution in [0, 0.1) is 23.5 Å². The fourth-order valence-corrected chi connectivity index (χ4v) is 6.69. The van der Waals surface area contributed by atoms with Gasteiger partial charge in [0.1, 0.15) is 11.7 Å². The maximum atomic E-state index is 14.5. The first-order chi connectivity index (χ1) is 25.9. The summed E-state index contributed by atoms with van der Waals surface area (Å²) >= 11 is 0. The number of amides is 3. The van der Waals surface area contributed by atoms with E-state index in [4.69, 9.17) is 4.98 Å².